The molecular weight excluding hydrogens is 134 g/mol. The van der Waals surface area contributed by atoms with E-state index < -0.39 is 11.7 Å². The number of primary amides is 1. The summed E-state index contributed by atoms with van der Waals surface area (Å²) in [4.78, 5) is 10.7. The molecule has 0 aliphatic carbocycles. The van der Waals surface area contributed by atoms with Gasteiger partial charge in [0.25, 0.3) is 5.91 Å². The molecule has 1 heterocycles. The second kappa shape index (κ2) is 2.56. The van der Waals surface area contributed by atoms with Gasteiger partial charge in [0.05, 0.1) is 13.2 Å². The molecule has 0 aromatic heterocycles. The molecule has 0 atom stereocenters. The van der Waals surface area contributed by atoms with Gasteiger partial charge in [-0.2, -0.15) is 0 Å². The topological polar surface area (TPSA) is 61.6 Å². The molecule has 1 amide bonds. The van der Waals surface area contributed by atoms with Gasteiger partial charge in [-0.05, 0) is 0 Å². The Morgan fingerprint density at radius 2 is 2.10 bits per heavy atom. The number of rotatable bonds is 2. The minimum absolute atomic E-state index is 0.455. The molecule has 58 valence electrons. The van der Waals surface area contributed by atoms with Crippen LogP contribution in [-0.2, 0) is 14.3 Å². The Morgan fingerprint density at radius 1 is 1.60 bits per heavy atom. The summed E-state index contributed by atoms with van der Waals surface area (Å²) in [5, 5.41) is 0. The van der Waals surface area contributed by atoms with E-state index >= 15 is 0 Å². The van der Waals surface area contributed by atoms with Gasteiger partial charge in [0.1, 0.15) is 0 Å². The molecule has 1 aliphatic rings. The Balaban J connectivity index is 2.67. The van der Waals surface area contributed by atoms with Crippen molar-refractivity contribution in [1.29, 1.82) is 0 Å². The van der Waals surface area contributed by atoms with Crippen molar-refractivity contribution >= 4 is 5.91 Å². The van der Waals surface area contributed by atoms with Crippen molar-refractivity contribution in [2.45, 2.75) is 19.1 Å². The van der Waals surface area contributed by atoms with Crippen LogP contribution in [0.1, 0.15) is 13.3 Å². The van der Waals surface area contributed by atoms with Gasteiger partial charge < -0.3 is 15.2 Å². The summed E-state index contributed by atoms with van der Waals surface area (Å²) in [5.41, 5.74) is 5.05. The van der Waals surface area contributed by atoms with E-state index in [1.54, 1.807) is 6.92 Å². The fourth-order valence-corrected chi connectivity index (χ4v) is 0.975. The van der Waals surface area contributed by atoms with Gasteiger partial charge >= 0.3 is 0 Å². The molecule has 0 aromatic rings. The lowest BCUT2D eigenvalue weighted by Gasteiger charge is -2.20. The zero-order valence-corrected chi connectivity index (χ0v) is 5.92. The molecule has 4 nitrogen and oxygen atoms in total. The van der Waals surface area contributed by atoms with Gasteiger partial charge in [-0.3, -0.25) is 4.79 Å². The van der Waals surface area contributed by atoms with Gasteiger partial charge in [-0.25, -0.2) is 0 Å². The number of hydrogen-bond donors (Lipinski definition) is 1. The summed E-state index contributed by atoms with van der Waals surface area (Å²) in [6.45, 7) is 2.71. The largest absolute Gasteiger partial charge is 0.365 e. The molecule has 1 saturated heterocycles. The first-order valence-corrected chi connectivity index (χ1v) is 3.29. The van der Waals surface area contributed by atoms with Crippen LogP contribution in [0.25, 0.3) is 0 Å². The summed E-state index contributed by atoms with van der Waals surface area (Å²) in [6.07, 6.45) is 0.475. The van der Waals surface area contributed by atoms with Gasteiger partial charge in [-0.1, -0.05) is 6.92 Å². The first kappa shape index (κ1) is 7.50. The Bertz CT molecular complexity index is 140. The van der Waals surface area contributed by atoms with Crippen LogP contribution in [0, 0.1) is 0 Å². The minimum Gasteiger partial charge on any atom is -0.365 e. The van der Waals surface area contributed by atoms with Gasteiger partial charge in [0, 0.05) is 6.42 Å². The highest BCUT2D eigenvalue weighted by Crippen LogP contribution is 2.21. The molecule has 1 rings (SSSR count). The van der Waals surface area contributed by atoms with Gasteiger partial charge in [0.2, 0.25) is 5.79 Å². The fourth-order valence-electron chi connectivity index (χ4n) is 0.975. The maximum absolute atomic E-state index is 10.7. The smallest absolute Gasteiger partial charge is 0.277 e. The summed E-state index contributed by atoms with van der Waals surface area (Å²) in [7, 11) is 0. The molecule has 0 radical (unpaired) electrons. The maximum Gasteiger partial charge on any atom is 0.277 e. The van der Waals surface area contributed by atoms with E-state index in [1.807, 2.05) is 0 Å². The standard InChI is InChI=1S/C6H11NO3/c1-2-6(5(7)8)9-3-4-10-6/h2-4H2,1H3,(H2,7,8). The fraction of sp³-hybridized carbons (Fsp3) is 0.833. The van der Waals surface area contributed by atoms with Crippen LogP contribution < -0.4 is 5.73 Å². The molecule has 1 aliphatic heterocycles. The SMILES string of the molecule is CCC1(C(N)=O)OCCO1. The van der Waals surface area contributed by atoms with Crippen LogP contribution in [0.5, 0.6) is 0 Å². The molecule has 0 aromatic carbocycles. The number of ether oxygens (including phenoxy) is 2. The quantitative estimate of drug-likeness (QED) is 0.576. The third kappa shape index (κ3) is 0.998. The van der Waals surface area contributed by atoms with Crippen LogP contribution >= 0.6 is 0 Å². The monoisotopic (exact) mass is 145 g/mol. The molecular formula is C6H11NO3. The van der Waals surface area contributed by atoms with E-state index in [4.69, 9.17) is 15.2 Å². The van der Waals surface area contributed by atoms with Gasteiger partial charge in [0.15, 0.2) is 0 Å². The summed E-state index contributed by atoms with van der Waals surface area (Å²) in [6, 6.07) is 0. The van der Waals surface area contributed by atoms with E-state index in [0.717, 1.165) is 0 Å². The van der Waals surface area contributed by atoms with Crippen LogP contribution in [-0.4, -0.2) is 24.9 Å². The third-order valence-corrected chi connectivity index (χ3v) is 1.59. The lowest BCUT2D eigenvalue weighted by atomic mass is 10.2. The zero-order chi connectivity index (χ0) is 7.61. The summed E-state index contributed by atoms with van der Waals surface area (Å²) < 4.78 is 10.1. The maximum atomic E-state index is 10.7. The van der Waals surface area contributed by atoms with Crippen molar-refractivity contribution in [3.05, 3.63) is 0 Å². The zero-order valence-electron chi connectivity index (χ0n) is 5.92. The number of carbonyl (C=O) groups is 1. The Kier molecular flexibility index (Phi) is 1.92. The van der Waals surface area contributed by atoms with Crippen molar-refractivity contribution in [2.24, 2.45) is 5.73 Å². The molecule has 4 heteroatoms. The van der Waals surface area contributed by atoms with E-state index in [9.17, 15) is 4.79 Å². The molecule has 0 saturated carbocycles. The van der Waals surface area contributed by atoms with E-state index in [2.05, 4.69) is 0 Å². The summed E-state index contributed by atoms with van der Waals surface area (Å²) in [5.74, 6) is -1.66. The second-order valence-electron chi connectivity index (χ2n) is 2.17. The third-order valence-electron chi connectivity index (χ3n) is 1.59. The number of hydrogen-bond acceptors (Lipinski definition) is 3. The van der Waals surface area contributed by atoms with Crippen LogP contribution in [0.3, 0.4) is 0 Å². The average Bonchev–Trinajstić information content (AvgIpc) is 2.35. The van der Waals surface area contributed by atoms with Crippen molar-refractivity contribution in [3.8, 4) is 0 Å². The van der Waals surface area contributed by atoms with Crippen LogP contribution in [0.15, 0.2) is 0 Å². The molecule has 2 N–H and O–H groups in total. The van der Waals surface area contributed by atoms with Crippen LogP contribution in [0.4, 0.5) is 0 Å². The predicted molar refractivity (Wildman–Crippen MR) is 34.1 cm³/mol. The highest BCUT2D eigenvalue weighted by atomic mass is 16.7. The van der Waals surface area contributed by atoms with Crippen molar-refractivity contribution in [1.82, 2.24) is 0 Å². The highest BCUT2D eigenvalue weighted by molar-refractivity contribution is 5.82. The second-order valence-corrected chi connectivity index (χ2v) is 2.17. The number of carbonyl (C=O) groups excluding carboxylic acids is 1. The van der Waals surface area contributed by atoms with E-state index in [-0.39, 0.29) is 0 Å². The Morgan fingerprint density at radius 3 is 2.30 bits per heavy atom. The number of amides is 1. The molecule has 0 unspecified atom stereocenters. The number of nitrogens with two attached hydrogens (primary N) is 1. The van der Waals surface area contributed by atoms with Crippen molar-refractivity contribution in [3.63, 3.8) is 0 Å². The van der Waals surface area contributed by atoms with E-state index in [1.165, 1.54) is 0 Å². The summed E-state index contributed by atoms with van der Waals surface area (Å²) >= 11 is 0. The molecule has 0 bridgehead atoms. The first-order chi connectivity index (χ1) is 4.71. The van der Waals surface area contributed by atoms with Crippen molar-refractivity contribution < 1.29 is 14.3 Å². The predicted octanol–water partition coefficient (Wildman–Crippen LogP) is -0.375. The van der Waals surface area contributed by atoms with Gasteiger partial charge in [-0.15, -0.1) is 0 Å². The Labute approximate surface area is 59.3 Å². The normalized spacial score (nSPS) is 22.9. The highest BCUT2D eigenvalue weighted by Gasteiger charge is 2.40. The molecule has 0 spiro atoms. The lowest BCUT2D eigenvalue weighted by Crippen LogP contribution is -2.44. The first-order valence-electron chi connectivity index (χ1n) is 3.29. The Hall–Kier alpha value is -0.610. The van der Waals surface area contributed by atoms with Crippen LogP contribution in [0.2, 0.25) is 0 Å². The molecule has 1 fully saturated rings. The minimum atomic E-state index is -1.12. The molecule has 10 heavy (non-hydrogen) atoms. The average molecular weight is 145 g/mol. The van der Waals surface area contributed by atoms with E-state index in [0.29, 0.717) is 19.6 Å². The van der Waals surface area contributed by atoms with Crippen molar-refractivity contribution in [2.75, 3.05) is 13.2 Å². The lowest BCUT2D eigenvalue weighted by molar-refractivity contribution is -0.180.